The standard InChI is InChI=1S/C21H19N5O2/c1-13-6-7-14(2)18(9-13)24-25-19-15(3)17(10-22)20(27)26(21(19)28)12-16-5-4-8-23-11-16/h4-9,11,27H,12H2,1-3H3. The molecule has 3 aromatic rings. The van der Waals surface area contributed by atoms with Crippen LogP contribution in [0.2, 0.25) is 0 Å². The number of rotatable bonds is 4. The lowest BCUT2D eigenvalue weighted by atomic mass is 10.1. The number of nitrogens with zero attached hydrogens (tertiary/aromatic N) is 5. The number of hydrogen-bond acceptors (Lipinski definition) is 6. The first-order valence-electron chi connectivity index (χ1n) is 8.66. The molecule has 0 amide bonds. The topological polar surface area (TPSA) is 104 Å². The summed E-state index contributed by atoms with van der Waals surface area (Å²) < 4.78 is 1.11. The van der Waals surface area contributed by atoms with Crippen LogP contribution in [-0.2, 0) is 6.54 Å². The molecule has 0 aliphatic carbocycles. The van der Waals surface area contributed by atoms with Crippen LogP contribution in [0.5, 0.6) is 5.88 Å². The van der Waals surface area contributed by atoms with E-state index in [2.05, 4.69) is 15.2 Å². The SMILES string of the molecule is Cc1ccc(C)c(N=Nc2c(C)c(C#N)c(O)n(Cc3cccnc3)c2=O)c1. The van der Waals surface area contributed by atoms with Crippen molar-refractivity contribution in [3.8, 4) is 11.9 Å². The third kappa shape index (κ3) is 3.67. The van der Waals surface area contributed by atoms with Crippen molar-refractivity contribution in [1.29, 1.82) is 5.26 Å². The van der Waals surface area contributed by atoms with Gasteiger partial charge in [-0.05, 0) is 49.6 Å². The second kappa shape index (κ2) is 7.84. The molecule has 7 heteroatoms. The van der Waals surface area contributed by atoms with E-state index in [1.807, 2.05) is 38.1 Å². The molecule has 0 spiro atoms. The quantitative estimate of drug-likeness (QED) is 0.692. The molecule has 0 saturated heterocycles. The van der Waals surface area contributed by atoms with Crippen molar-refractivity contribution in [3.63, 3.8) is 0 Å². The Kier molecular flexibility index (Phi) is 5.32. The Labute approximate surface area is 162 Å². The molecular formula is C21H19N5O2. The van der Waals surface area contributed by atoms with Gasteiger partial charge in [-0.2, -0.15) is 10.4 Å². The maximum atomic E-state index is 13.0. The molecule has 1 N–H and O–H groups in total. The van der Waals surface area contributed by atoms with Gasteiger partial charge < -0.3 is 5.11 Å². The molecule has 0 aliphatic rings. The van der Waals surface area contributed by atoms with Gasteiger partial charge in [-0.25, -0.2) is 0 Å². The zero-order valence-corrected chi connectivity index (χ0v) is 15.8. The molecule has 0 fully saturated rings. The maximum absolute atomic E-state index is 13.0. The highest BCUT2D eigenvalue weighted by Gasteiger charge is 2.19. The van der Waals surface area contributed by atoms with Gasteiger partial charge in [0.2, 0.25) is 5.88 Å². The zero-order chi connectivity index (χ0) is 20.3. The second-order valence-electron chi connectivity index (χ2n) is 6.53. The van der Waals surface area contributed by atoms with E-state index in [-0.39, 0.29) is 23.7 Å². The van der Waals surface area contributed by atoms with E-state index >= 15 is 0 Å². The van der Waals surface area contributed by atoms with Crippen molar-refractivity contribution in [2.24, 2.45) is 10.2 Å². The van der Waals surface area contributed by atoms with Crippen LogP contribution in [0.15, 0.2) is 57.7 Å². The molecule has 28 heavy (non-hydrogen) atoms. The number of nitriles is 1. The minimum atomic E-state index is -0.521. The molecular weight excluding hydrogens is 354 g/mol. The Hall–Kier alpha value is -3.79. The normalized spacial score (nSPS) is 10.9. The Morgan fingerprint density at radius 2 is 2.00 bits per heavy atom. The van der Waals surface area contributed by atoms with Gasteiger partial charge in [-0.1, -0.05) is 18.2 Å². The van der Waals surface area contributed by atoms with Gasteiger partial charge in [-0.15, -0.1) is 5.11 Å². The van der Waals surface area contributed by atoms with Crippen molar-refractivity contribution in [2.75, 3.05) is 0 Å². The summed E-state index contributed by atoms with van der Waals surface area (Å²) in [5.74, 6) is -0.389. The van der Waals surface area contributed by atoms with E-state index in [4.69, 9.17) is 0 Å². The predicted octanol–water partition coefficient (Wildman–Crippen LogP) is 4.21. The second-order valence-corrected chi connectivity index (χ2v) is 6.53. The number of aromatic nitrogens is 2. The number of pyridine rings is 2. The van der Waals surface area contributed by atoms with Gasteiger partial charge >= 0.3 is 0 Å². The van der Waals surface area contributed by atoms with Crippen molar-refractivity contribution in [3.05, 3.63) is 80.9 Å². The van der Waals surface area contributed by atoms with Gasteiger partial charge in [0.1, 0.15) is 11.6 Å². The summed E-state index contributed by atoms with van der Waals surface area (Å²) in [4.78, 5) is 17.0. The summed E-state index contributed by atoms with van der Waals surface area (Å²) in [6, 6.07) is 11.2. The molecule has 2 heterocycles. The van der Waals surface area contributed by atoms with Crippen LogP contribution in [-0.4, -0.2) is 14.7 Å². The molecule has 140 valence electrons. The Balaban J connectivity index is 2.14. The Morgan fingerprint density at radius 3 is 2.68 bits per heavy atom. The zero-order valence-electron chi connectivity index (χ0n) is 15.8. The van der Waals surface area contributed by atoms with Gasteiger partial charge in [0.05, 0.1) is 12.2 Å². The van der Waals surface area contributed by atoms with Crippen LogP contribution in [0.1, 0.15) is 27.8 Å². The van der Waals surface area contributed by atoms with E-state index < -0.39 is 5.56 Å². The fraction of sp³-hybridized carbons (Fsp3) is 0.190. The Bertz CT molecular complexity index is 1160. The summed E-state index contributed by atoms with van der Waals surface area (Å²) in [6.45, 7) is 5.49. The van der Waals surface area contributed by atoms with Crippen LogP contribution in [0, 0.1) is 32.1 Å². The maximum Gasteiger partial charge on any atom is 0.281 e. The molecule has 0 aliphatic heterocycles. The summed E-state index contributed by atoms with van der Waals surface area (Å²) in [7, 11) is 0. The van der Waals surface area contributed by atoms with Crippen LogP contribution < -0.4 is 5.56 Å². The fourth-order valence-electron chi connectivity index (χ4n) is 2.81. The lowest BCUT2D eigenvalue weighted by Gasteiger charge is -2.13. The van der Waals surface area contributed by atoms with Gasteiger partial charge in [0, 0.05) is 18.0 Å². The molecule has 0 saturated carbocycles. The van der Waals surface area contributed by atoms with Crippen LogP contribution in [0.25, 0.3) is 0 Å². The van der Waals surface area contributed by atoms with Crippen LogP contribution >= 0.6 is 0 Å². The van der Waals surface area contributed by atoms with Crippen molar-refractivity contribution in [2.45, 2.75) is 27.3 Å². The molecule has 0 bridgehead atoms. The monoisotopic (exact) mass is 373 g/mol. The highest BCUT2D eigenvalue weighted by atomic mass is 16.3. The summed E-state index contributed by atoms with van der Waals surface area (Å²) >= 11 is 0. The number of azo groups is 1. The fourth-order valence-corrected chi connectivity index (χ4v) is 2.81. The van der Waals surface area contributed by atoms with Crippen molar-refractivity contribution < 1.29 is 5.11 Å². The first-order valence-corrected chi connectivity index (χ1v) is 8.66. The lowest BCUT2D eigenvalue weighted by Crippen LogP contribution is -2.22. The van der Waals surface area contributed by atoms with Gasteiger partial charge in [0.15, 0.2) is 5.69 Å². The average molecular weight is 373 g/mol. The molecule has 0 atom stereocenters. The largest absolute Gasteiger partial charge is 0.493 e. The van der Waals surface area contributed by atoms with Crippen LogP contribution in [0.4, 0.5) is 11.4 Å². The minimum absolute atomic E-state index is 0.00148. The van der Waals surface area contributed by atoms with Crippen molar-refractivity contribution >= 4 is 11.4 Å². The molecule has 7 nitrogen and oxygen atoms in total. The highest BCUT2D eigenvalue weighted by molar-refractivity contribution is 5.57. The van der Waals surface area contributed by atoms with E-state index in [1.165, 1.54) is 0 Å². The molecule has 1 aromatic carbocycles. The number of aryl methyl sites for hydroxylation is 2. The summed E-state index contributed by atoms with van der Waals surface area (Å²) in [5.41, 5.74) is 3.09. The lowest BCUT2D eigenvalue weighted by molar-refractivity contribution is 0.412. The number of benzene rings is 1. The predicted molar refractivity (Wildman–Crippen MR) is 105 cm³/mol. The van der Waals surface area contributed by atoms with E-state index in [1.54, 1.807) is 31.5 Å². The number of aromatic hydroxyl groups is 1. The first kappa shape index (κ1) is 19.0. The molecule has 0 unspecified atom stereocenters. The van der Waals surface area contributed by atoms with Crippen LogP contribution in [0.3, 0.4) is 0 Å². The van der Waals surface area contributed by atoms with E-state index in [0.29, 0.717) is 16.8 Å². The van der Waals surface area contributed by atoms with Crippen molar-refractivity contribution in [1.82, 2.24) is 9.55 Å². The molecule has 0 radical (unpaired) electrons. The van der Waals surface area contributed by atoms with E-state index in [0.717, 1.165) is 15.7 Å². The van der Waals surface area contributed by atoms with Gasteiger partial charge in [-0.3, -0.25) is 14.3 Å². The third-order valence-corrected chi connectivity index (χ3v) is 4.45. The molecule has 3 rings (SSSR count). The van der Waals surface area contributed by atoms with Gasteiger partial charge in [0.25, 0.3) is 5.56 Å². The molecule has 2 aromatic heterocycles. The minimum Gasteiger partial charge on any atom is -0.493 e. The number of hydrogen-bond donors (Lipinski definition) is 1. The van der Waals surface area contributed by atoms with E-state index in [9.17, 15) is 15.2 Å². The summed E-state index contributed by atoms with van der Waals surface area (Å²) in [6.07, 6.45) is 3.21. The first-order chi connectivity index (χ1) is 13.4. The highest BCUT2D eigenvalue weighted by Crippen LogP contribution is 2.28. The Morgan fingerprint density at radius 1 is 1.21 bits per heavy atom. The summed E-state index contributed by atoms with van der Waals surface area (Å²) in [5, 5.41) is 28.3. The third-order valence-electron chi connectivity index (χ3n) is 4.45. The average Bonchev–Trinajstić information content (AvgIpc) is 2.69. The smallest absolute Gasteiger partial charge is 0.281 e.